The summed E-state index contributed by atoms with van der Waals surface area (Å²) in [4.78, 5) is 19.8. The van der Waals surface area contributed by atoms with Gasteiger partial charge in [-0.05, 0) is 12.8 Å². The summed E-state index contributed by atoms with van der Waals surface area (Å²) in [5, 5.41) is 10.5. The van der Waals surface area contributed by atoms with Crippen LogP contribution >= 0.6 is 0 Å². The lowest BCUT2D eigenvalue weighted by Gasteiger charge is -2.14. The minimum Gasteiger partial charge on any atom is -0.370 e. The molecular formula is C16H26N8O. The van der Waals surface area contributed by atoms with E-state index in [1.165, 1.54) is 0 Å². The Morgan fingerprint density at radius 3 is 2.76 bits per heavy atom. The summed E-state index contributed by atoms with van der Waals surface area (Å²) in [6.07, 6.45) is 2.81. The molecule has 2 aromatic heterocycles. The molecule has 9 heteroatoms. The minimum absolute atomic E-state index is 0.0396. The standard InChI is InChI=1S/C16H26N8O/c1-10(2)13-19-15(21-16(20-13)24(3)4)17-8-7-12-18-14(23-22-12)11-6-5-9-25-11/h10-11H,5-9H2,1-4H3,(H,18,22,23)(H,17,19,20,21). The number of ether oxygens (including phenoxy) is 1. The second kappa shape index (κ2) is 7.73. The lowest BCUT2D eigenvalue weighted by molar-refractivity contribution is 0.105. The predicted octanol–water partition coefficient (Wildman–Crippen LogP) is 1.69. The van der Waals surface area contributed by atoms with Crippen LogP contribution in [-0.2, 0) is 11.2 Å². The minimum atomic E-state index is 0.0396. The third-order valence-corrected chi connectivity index (χ3v) is 3.97. The third-order valence-electron chi connectivity index (χ3n) is 3.97. The SMILES string of the molecule is CC(C)c1nc(NCCc2nc(C3CCCO3)n[nH]2)nc(N(C)C)n1. The Morgan fingerprint density at radius 1 is 1.24 bits per heavy atom. The second-order valence-corrected chi connectivity index (χ2v) is 6.69. The molecule has 0 amide bonds. The van der Waals surface area contributed by atoms with Crippen LogP contribution in [0.15, 0.2) is 0 Å². The first kappa shape index (κ1) is 17.5. The smallest absolute Gasteiger partial charge is 0.229 e. The lowest BCUT2D eigenvalue weighted by atomic mass is 10.2. The van der Waals surface area contributed by atoms with Gasteiger partial charge in [0, 0.05) is 39.6 Å². The van der Waals surface area contributed by atoms with E-state index in [0.717, 1.165) is 36.9 Å². The van der Waals surface area contributed by atoms with Crippen molar-refractivity contribution in [2.75, 3.05) is 37.5 Å². The van der Waals surface area contributed by atoms with Crippen molar-refractivity contribution in [3.8, 4) is 0 Å². The molecule has 0 radical (unpaired) electrons. The summed E-state index contributed by atoms with van der Waals surface area (Å²) >= 11 is 0. The number of aromatic amines is 1. The molecule has 0 aliphatic carbocycles. The van der Waals surface area contributed by atoms with Crippen LogP contribution in [0.25, 0.3) is 0 Å². The molecular weight excluding hydrogens is 320 g/mol. The van der Waals surface area contributed by atoms with Crippen molar-refractivity contribution in [2.45, 2.75) is 45.1 Å². The van der Waals surface area contributed by atoms with Crippen LogP contribution in [0, 0.1) is 0 Å². The normalized spacial score (nSPS) is 17.2. The van der Waals surface area contributed by atoms with Gasteiger partial charge in [-0.25, -0.2) is 4.98 Å². The van der Waals surface area contributed by atoms with Gasteiger partial charge in [0.05, 0.1) is 0 Å². The molecule has 1 saturated heterocycles. The van der Waals surface area contributed by atoms with Crippen molar-refractivity contribution < 1.29 is 4.74 Å². The van der Waals surface area contributed by atoms with Crippen molar-refractivity contribution >= 4 is 11.9 Å². The molecule has 136 valence electrons. The molecule has 0 aromatic carbocycles. The molecule has 1 unspecified atom stereocenters. The van der Waals surface area contributed by atoms with Crippen LogP contribution in [0.5, 0.6) is 0 Å². The summed E-state index contributed by atoms with van der Waals surface area (Å²) in [7, 11) is 3.84. The highest BCUT2D eigenvalue weighted by atomic mass is 16.5. The average molecular weight is 346 g/mol. The van der Waals surface area contributed by atoms with Gasteiger partial charge in [0.15, 0.2) is 5.82 Å². The summed E-state index contributed by atoms with van der Waals surface area (Å²) in [6, 6.07) is 0. The predicted molar refractivity (Wildman–Crippen MR) is 94.7 cm³/mol. The Kier molecular flexibility index (Phi) is 5.42. The fraction of sp³-hybridized carbons (Fsp3) is 0.688. The molecule has 3 rings (SSSR count). The van der Waals surface area contributed by atoms with Gasteiger partial charge < -0.3 is 15.0 Å². The third kappa shape index (κ3) is 4.41. The van der Waals surface area contributed by atoms with Gasteiger partial charge in [-0.1, -0.05) is 13.8 Å². The van der Waals surface area contributed by atoms with Crippen LogP contribution < -0.4 is 10.2 Å². The van der Waals surface area contributed by atoms with E-state index >= 15 is 0 Å². The van der Waals surface area contributed by atoms with Crippen molar-refractivity contribution in [2.24, 2.45) is 0 Å². The van der Waals surface area contributed by atoms with Gasteiger partial charge in [-0.15, -0.1) is 0 Å². The number of nitrogens with one attached hydrogen (secondary N) is 2. The molecule has 1 atom stereocenters. The van der Waals surface area contributed by atoms with Gasteiger partial charge >= 0.3 is 0 Å². The molecule has 0 bridgehead atoms. The van der Waals surface area contributed by atoms with Crippen LogP contribution in [0.4, 0.5) is 11.9 Å². The Morgan fingerprint density at radius 2 is 2.08 bits per heavy atom. The molecule has 0 spiro atoms. The van der Waals surface area contributed by atoms with E-state index in [1.54, 1.807) is 0 Å². The molecule has 1 aliphatic heterocycles. The Hall–Kier alpha value is -2.29. The average Bonchev–Trinajstić information content (AvgIpc) is 3.25. The number of hydrogen-bond donors (Lipinski definition) is 2. The summed E-state index contributed by atoms with van der Waals surface area (Å²) < 4.78 is 5.61. The molecule has 2 N–H and O–H groups in total. The van der Waals surface area contributed by atoms with E-state index in [-0.39, 0.29) is 12.0 Å². The maximum atomic E-state index is 5.61. The van der Waals surface area contributed by atoms with Crippen molar-refractivity contribution in [1.29, 1.82) is 0 Å². The molecule has 3 heterocycles. The van der Waals surface area contributed by atoms with Crippen molar-refractivity contribution in [1.82, 2.24) is 30.1 Å². The molecule has 25 heavy (non-hydrogen) atoms. The van der Waals surface area contributed by atoms with Gasteiger partial charge in [0.1, 0.15) is 17.8 Å². The van der Waals surface area contributed by atoms with Crippen LogP contribution in [0.1, 0.15) is 56.2 Å². The van der Waals surface area contributed by atoms with Crippen LogP contribution in [0.3, 0.4) is 0 Å². The van der Waals surface area contributed by atoms with E-state index in [9.17, 15) is 0 Å². The van der Waals surface area contributed by atoms with E-state index in [1.807, 2.05) is 19.0 Å². The van der Waals surface area contributed by atoms with E-state index in [0.29, 0.717) is 24.9 Å². The fourth-order valence-corrected chi connectivity index (χ4v) is 2.56. The van der Waals surface area contributed by atoms with Crippen LogP contribution in [-0.4, -0.2) is 57.4 Å². The first-order valence-corrected chi connectivity index (χ1v) is 8.73. The maximum Gasteiger partial charge on any atom is 0.229 e. The van der Waals surface area contributed by atoms with Gasteiger partial charge in [0.2, 0.25) is 11.9 Å². The Bertz CT molecular complexity index is 667. The highest BCUT2D eigenvalue weighted by Crippen LogP contribution is 2.25. The summed E-state index contributed by atoms with van der Waals surface area (Å²) in [5.41, 5.74) is 0. The zero-order valence-corrected chi connectivity index (χ0v) is 15.3. The fourth-order valence-electron chi connectivity index (χ4n) is 2.56. The number of H-pyrrole nitrogens is 1. The van der Waals surface area contributed by atoms with Gasteiger partial charge in [-0.2, -0.15) is 20.1 Å². The Balaban J connectivity index is 1.59. The molecule has 1 aliphatic rings. The zero-order chi connectivity index (χ0) is 17.8. The first-order valence-electron chi connectivity index (χ1n) is 8.73. The topological polar surface area (TPSA) is 105 Å². The monoisotopic (exact) mass is 346 g/mol. The number of rotatable bonds is 7. The zero-order valence-electron chi connectivity index (χ0n) is 15.3. The van der Waals surface area contributed by atoms with Crippen molar-refractivity contribution in [3.63, 3.8) is 0 Å². The lowest BCUT2D eigenvalue weighted by Crippen LogP contribution is -2.18. The summed E-state index contributed by atoms with van der Waals surface area (Å²) in [5.74, 6) is 3.85. The maximum absolute atomic E-state index is 5.61. The molecule has 2 aromatic rings. The largest absolute Gasteiger partial charge is 0.370 e. The number of anilines is 2. The van der Waals surface area contributed by atoms with E-state index in [2.05, 4.69) is 49.3 Å². The van der Waals surface area contributed by atoms with Gasteiger partial charge in [-0.3, -0.25) is 5.10 Å². The quantitative estimate of drug-likeness (QED) is 0.780. The van der Waals surface area contributed by atoms with Crippen molar-refractivity contribution in [3.05, 3.63) is 17.5 Å². The molecule has 9 nitrogen and oxygen atoms in total. The van der Waals surface area contributed by atoms with Gasteiger partial charge in [0.25, 0.3) is 0 Å². The number of hydrogen-bond acceptors (Lipinski definition) is 8. The van der Waals surface area contributed by atoms with E-state index in [4.69, 9.17) is 4.74 Å². The van der Waals surface area contributed by atoms with Crippen LogP contribution in [0.2, 0.25) is 0 Å². The highest BCUT2D eigenvalue weighted by Gasteiger charge is 2.21. The highest BCUT2D eigenvalue weighted by molar-refractivity contribution is 5.36. The number of aromatic nitrogens is 6. The molecule has 0 saturated carbocycles. The number of nitrogens with zero attached hydrogens (tertiary/aromatic N) is 6. The summed E-state index contributed by atoms with van der Waals surface area (Å²) in [6.45, 7) is 5.59. The first-order chi connectivity index (χ1) is 12.0. The molecule has 1 fully saturated rings. The van der Waals surface area contributed by atoms with E-state index < -0.39 is 0 Å². The Labute approximate surface area is 147 Å². The second-order valence-electron chi connectivity index (χ2n) is 6.69.